The molecule has 1 aliphatic rings. The van der Waals surface area contributed by atoms with E-state index in [0.717, 1.165) is 34.4 Å². The third-order valence-corrected chi connectivity index (χ3v) is 11.0. The summed E-state index contributed by atoms with van der Waals surface area (Å²) in [4.78, 5) is 12.6. The van der Waals surface area contributed by atoms with Crippen LogP contribution in [0.1, 0.15) is 48.6 Å². The van der Waals surface area contributed by atoms with Gasteiger partial charge in [-0.25, -0.2) is 4.79 Å². The van der Waals surface area contributed by atoms with Crippen molar-refractivity contribution in [2.24, 2.45) is 0 Å². The Hall–Kier alpha value is -5.07. The molecule has 0 bridgehead atoms. The van der Waals surface area contributed by atoms with Crippen LogP contribution in [0.5, 0.6) is 0 Å². The van der Waals surface area contributed by atoms with E-state index < -0.39 is 36.1 Å². The first kappa shape index (κ1) is 56.2. The van der Waals surface area contributed by atoms with Gasteiger partial charge < -0.3 is 62.2 Å². The average Bonchev–Trinajstić information content (AvgIpc) is 4.23. The van der Waals surface area contributed by atoms with Crippen LogP contribution in [0.3, 0.4) is 0 Å². The summed E-state index contributed by atoms with van der Waals surface area (Å²) in [6, 6.07) is 49.9. The maximum absolute atomic E-state index is 12.6. The van der Waals surface area contributed by atoms with Gasteiger partial charge in [0.1, 0.15) is 36.1 Å². The number of carbonyl (C=O) groups is 1. The molecule has 0 spiro atoms. The number of hydrogen-bond donors (Lipinski definition) is 1. The van der Waals surface area contributed by atoms with Crippen molar-refractivity contribution in [2.75, 3.05) is 79.2 Å². The predicted octanol–water partition coefficient (Wildman–Crippen LogP) is 8.92. The first-order valence-corrected chi connectivity index (χ1v) is 25.0. The molecule has 1 fully saturated rings. The van der Waals surface area contributed by atoms with Gasteiger partial charge >= 0.3 is 6.09 Å². The lowest BCUT2D eigenvalue weighted by atomic mass is 10.2. The van der Waals surface area contributed by atoms with Crippen molar-refractivity contribution in [3.8, 4) is 0 Å². The van der Waals surface area contributed by atoms with E-state index in [-0.39, 0.29) is 65.0 Å². The van der Waals surface area contributed by atoms with Gasteiger partial charge in [-0.15, -0.1) is 0 Å². The lowest BCUT2D eigenvalue weighted by molar-refractivity contribution is -0.124. The summed E-state index contributed by atoms with van der Waals surface area (Å²) in [6.07, 6.45) is -2.43. The molecule has 14 heteroatoms. The molecule has 5 aromatic rings. The van der Waals surface area contributed by atoms with Gasteiger partial charge in [-0.3, -0.25) is 0 Å². The van der Waals surface area contributed by atoms with E-state index in [1.54, 1.807) is 0 Å². The van der Waals surface area contributed by atoms with Gasteiger partial charge in [-0.05, 0) is 48.6 Å². The summed E-state index contributed by atoms with van der Waals surface area (Å²) in [5, 5.41) is 2.83. The highest BCUT2D eigenvalue weighted by Gasteiger charge is 2.24. The fourth-order valence-corrected chi connectivity index (χ4v) is 7.02. The molecule has 1 amide bonds. The number of epoxide rings is 1. The zero-order chi connectivity index (χ0) is 50.3. The van der Waals surface area contributed by atoms with Gasteiger partial charge in [0.25, 0.3) is 0 Å². The maximum Gasteiger partial charge on any atom is 0.407 e. The van der Waals surface area contributed by atoms with E-state index in [0.29, 0.717) is 52.9 Å². The van der Waals surface area contributed by atoms with Gasteiger partial charge in [0, 0.05) is 6.54 Å². The van der Waals surface area contributed by atoms with Gasteiger partial charge in [0.2, 0.25) is 0 Å². The first-order chi connectivity index (χ1) is 35.2. The zero-order valence-corrected chi connectivity index (χ0v) is 42.2. The van der Waals surface area contributed by atoms with Crippen LogP contribution in [0.2, 0.25) is 0 Å². The topological polar surface area (TPSA) is 143 Å². The second-order valence-electron chi connectivity index (χ2n) is 18.6. The Bertz CT molecular complexity index is 2130. The molecule has 14 nitrogen and oxygen atoms in total. The Morgan fingerprint density at radius 3 is 0.986 bits per heavy atom. The van der Waals surface area contributed by atoms with Crippen LogP contribution in [0.25, 0.3) is 0 Å². The third kappa shape index (κ3) is 25.0. The Kier molecular flexibility index (Phi) is 25.7. The Balaban J connectivity index is 1.05. The first-order valence-electron chi connectivity index (χ1n) is 25.0. The molecule has 1 aliphatic heterocycles. The molecular weight excluding hydrogens is 919 g/mol. The minimum Gasteiger partial charge on any atom is -0.444 e. The average molecular weight is 994 g/mol. The maximum atomic E-state index is 12.6. The number of benzene rings is 5. The highest BCUT2D eigenvalue weighted by molar-refractivity contribution is 5.67. The van der Waals surface area contributed by atoms with E-state index >= 15 is 0 Å². The van der Waals surface area contributed by atoms with Crippen LogP contribution in [0.4, 0.5) is 4.79 Å². The van der Waals surface area contributed by atoms with Crippen LogP contribution >= 0.6 is 0 Å². The zero-order valence-electron chi connectivity index (χ0n) is 42.2. The van der Waals surface area contributed by atoms with Gasteiger partial charge in [-0.2, -0.15) is 0 Å². The summed E-state index contributed by atoms with van der Waals surface area (Å²) < 4.78 is 73.8. The Morgan fingerprint density at radius 2 is 0.708 bits per heavy atom. The normalized spacial score (nSPS) is 15.6. The molecule has 72 heavy (non-hydrogen) atoms. The molecule has 1 heterocycles. The summed E-state index contributed by atoms with van der Waals surface area (Å²) in [6.45, 7) is 11.1. The Labute approximate surface area is 426 Å². The summed E-state index contributed by atoms with van der Waals surface area (Å²) in [5.41, 5.74) is 4.53. The molecule has 6 unspecified atom stereocenters. The monoisotopic (exact) mass is 994 g/mol. The number of alkyl carbamates (subject to hydrolysis) is 1. The van der Waals surface area contributed by atoms with Gasteiger partial charge in [-0.1, -0.05) is 152 Å². The molecule has 5 aromatic carbocycles. The fraction of sp³-hybridized carbons (Fsp3) is 0.466. The van der Waals surface area contributed by atoms with Crippen molar-refractivity contribution in [1.82, 2.24) is 5.32 Å². The van der Waals surface area contributed by atoms with E-state index in [1.807, 2.05) is 172 Å². The molecule has 0 aromatic heterocycles. The lowest BCUT2D eigenvalue weighted by Gasteiger charge is -2.25. The molecule has 6 atom stereocenters. The van der Waals surface area contributed by atoms with Crippen molar-refractivity contribution >= 4 is 6.09 Å². The van der Waals surface area contributed by atoms with Crippen LogP contribution < -0.4 is 5.32 Å². The second kappa shape index (κ2) is 32.9. The van der Waals surface area contributed by atoms with Crippen molar-refractivity contribution in [3.63, 3.8) is 0 Å². The number of carbonyl (C=O) groups excluding carboxylic acids is 1. The van der Waals surface area contributed by atoms with E-state index in [9.17, 15) is 4.79 Å². The second-order valence-corrected chi connectivity index (χ2v) is 18.6. The van der Waals surface area contributed by atoms with Crippen LogP contribution in [0, 0.1) is 0 Å². The molecule has 0 saturated carbocycles. The lowest BCUT2D eigenvalue weighted by Crippen LogP contribution is -2.40. The predicted molar refractivity (Wildman–Crippen MR) is 273 cm³/mol. The highest BCUT2D eigenvalue weighted by atomic mass is 16.6. The molecular formula is C58H75NO13. The largest absolute Gasteiger partial charge is 0.444 e. The fourth-order valence-electron chi connectivity index (χ4n) is 7.02. The SMILES string of the molecule is CC(C)(C)OC(=O)NCC(COCC(COCC(COCC(COCC(COCC1CO1)OCc1ccccc1)OCc1ccccc1)OCc1ccccc1)OCc1ccccc1)OCc1ccccc1. The van der Waals surface area contributed by atoms with Crippen LogP contribution in [-0.4, -0.2) is 128 Å². The molecule has 1 saturated heterocycles. The minimum absolute atomic E-state index is 0.152. The van der Waals surface area contributed by atoms with Gasteiger partial charge in [0.15, 0.2) is 0 Å². The van der Waals surface area contributed by atoms with E-state index in [4.69, 9.17) is 56.8 Å². The number of nitrogens with one attached hydrogen (secondary N) is 1. The summed E-state index contributed by atoms with van der Waals surface area (Å²) >= 11 is 0. The number of hydrogen-bond acceptors (Lipinski definition) is 13. The summed E-state index contributed by atoms with van der Waals surface area (Å²) in [5.74, 6) is 0. The molecule has 1 N–H and O–H groups in total. The third-order valence-electron chi connectivity index (χ3n) is 11.0. The van der Waals surface area contributed by atoms with Crippen LogP contribution in [0.15, 0.2) is 152 Å². The van der Waals surface area contributed by atoms with E-state index in [1.165, 1.54) is 0 Å². The summed E-state index contributed by atoms with van der Waals surface area (Å²) in [7, 11) is 0. The molecule has 0 aliphatic carbocycles. The Morgan fingerprint density at radius 1 is 0.444 bits per heavy atom. The van der Waals surface area contributed by atoms with Crippen molar-refractivity contribution in [3.05, 3.63) is 179 Å². The highest BCUT2D eigenvalue weighted by Crippen LogP contribution is 2.14. The number of amides is 1. The quantitative estimate of drug-likeness (QED) is 0.0379. The van der Waals surface area contributed by atoms with Gasteiger partial charge in [0.05, 0.1) is 112 Å². The van der Waals surface area contributed by atoms with Crippen molar-refractivity contribution in [2.45, 2.75) is 96.0 Å². The number of ether oxygens (including phenoxy) is 12. The molecule has 6 rings (SSSR count). The molecule has 0 radical (unpaired) electrons. The van der Waals surface area contributed by atoms with Crippen molar-refractivity contribution in [1.29, 1.82) is 0 Å². The molecule has 390 valence electrons. The minimum atomic E-state index is -0.638. The smallest absolute Gasteiger partial charge is 0.407 e. The number of rotatable bonds is 37. The van der Waals surface area contributed by atoms with E-state index in [2.05, 4.69) is 5.32 Å². The van der Waals surface area contributed by atoms with Crippen molar-refractivity contribution < 1.29 is 61.6 Å². The van der Waals surface area contributed by atoms with Crippen LogP contribution in [-0.2, 0) is 89.9 Å². The standard InChI is InChI=1S/C58H75NO13/c1-58(2,3)72-57(60)59-29-51(66-30-46-19-9-4-10-20-46)35-61-36-52(67-31-47-21-11-5-12-22-47)37-62-38-53(68-32-48-23-13-6-14-24-48)39-63-40-54(69-33-49-25-15-7-16-26-49)41-64-42-55(43-65-44-56-45-71-56)70-34-50-27-17-8-18-28-50/h4-28,51-56H,29-45H2,1-3H3,(H,59,60).